The molecular weight excluding hydrogens is 400 g/mol. The van der Waals surface area contributed by atoms with Gasteiger partial charge in [-0.1, -0.05) is 65.9 Å². The van der Waals surface area contributed by atoms with E-state index in [0.29, 0.717) is 11.7 Å². The summed E-state index contributed by atoms with van der Waals surface area (Å²) in [5.74, 6) is 0.836. The second-order valence-corrected chi connectivity index (χ2v) is 8.29. The maximum Gasteiger partial charge on any atom is 0.269 e. The number of anilines is 1. The van der Waals surface area contributed by atoms with E-state index in [1.54, 1.807) is 16.5 Å². The molecule has 0 saturated heterocycles. The molecule has 5 rings (SSSR count). The Hall–Kier alpha value is -3.85. The number of nitro benzene ring substituents is 1. The molecule has 2 heterocycles. The van der Waals surface area contributed by atoms with E-state index < -0.39 is 15.8 Å². The predicted octanol–water partition coefficient (Wildman–Crippen LogP) is 4.93. The van der Waals surface area contributed by atoms with Crippen LogP contribution in [-0.2, 0) is 6.54 Å². The van der Waals surface area contributed by atoms with Crippen molar-refractivity contribution < 1.29 is 4.92 Å². The third-order valence-electron chi connectivity index (χ3n) is 4.67. The quantitative estimate of drug-likeness (QED) is 0.335. The Bertz CT molecular complexity index is 1190. The highest BCUT2D eigenvalue weighted by molar-refractivity contribution is 8.16. The SMILES string of the molecule is O=[N+]([O-])c1ccc(N2N=NC3=S2N(Cc2ccccc2)C(c2ccccc2)=N3)cc1. The highest BCUT2D eigenvalue weighted by atomic mass is 32.2. The topological polar surface area (TPSA) is 86.7 Å². The molecule has 0 radical (unpaired) electrons. The minimum Gasteiger partial charge on any atom is -0.280 e. The zero-order chi connectivity index (χ0) is 20.5. The summed E-state index contributed by atoms with van der Waals surface area (Å²) in [5.41, 5.74) is 2.91. The average Bonchev–Trinajstić information content (AvgIpc) is 3.35. The summed E-state index contributed by atoms with van der Waals surface area (Å²) in [6, 6.07) is 26.5. The Morgan fingerprint density at radius 2 is 1.57 bits per heavy atom. The Balaban J connectivity index is 1.53. The highest BCUT2D eigenvalue weighted by Gasteiger charge is 2.35. The number of benzene rings is 3. The summed E-state index contributed by atoms with van der Waals surface area (Å²) in [6.45, 7) is 0.635. The molecule has 0 amide bonds. The second-order valence-electron chi connectivity index (χ2n) is 6.61. The Morgan fingerprint density at radius 1 is 0.900 bits per heavy atom. The van der Waals surface area contributed by atoms with Gasteiger partial charge in [0.05, 0.1) is 28.0 Å². The number of aliphatic imine (C=N–C) groups is 1. The lowest BCUT2D eigenvalue weighted by molar-refractivity contribution is -0.384. The molecule has 1 unspecified atom stereocenters. The lowest BCUT2D eigenvalue weighted by Gasteiger charge is -2.28. The van der Waals surface area contributed by atoms with Crippen LogP contribution in [0, 0.1) is 10.1 Å². The van der Waals surface area contributed by atoms with Crippen molar-refractivity contribution >= 4 is 33.2 Å². The van der Waals surface area contributed by atoms with Crippen molar-refractivity contribution in [2.45, 2.75) is 6.54 Å². The third-order valence-corrected chi connectivity index (χ3v) is 6.50. The van der Waals surface area contributed by atoms with Crippen molar-refractivity contribution in [3.8, 4) is 0 Å². The normalized spacial score (nSPS) is 17.3. The molecule has 2 aliphatic rings. The summed E-state index contributed by atoms with van der Waals surface area (Å²) in [7, 11) is -0.666. The van der Waals surface area contributed by atoms with Gasteiger partial charge in [-0.15, -0.1) is 5.11 Å². The van der Waals surface area contributed by atoms with Gasteiger partial charge in [-0.05, 0) is 17.7 Å². The monoisotopic (exact) mass is 416 g/mol. The van der Waals surface area contributed by atoms with Crippen LogP contribution in [0.1, 0.15) is 11.1 Å². The standard InChI is InChI=1S/C21H16N6O2S/c28-27(29)19-13-11-18(12-14-19)26-24-23-21-22-20(17-9-5-2-6-10-17)25(30(21)26)15-16-7-3-1-4-8-16/h1-14H,15H2. The van der Waals surface area contributed by atoms with Gasteiger partial charge in [0.2, 0.25) is 5.11 Å². The molecule has 8 nitrogen and oxygen atoms in total. The van der Waals surface area contributed by atoms with E-state index in [9.17, 15) is 10.1 Å². The van der Waals surface area contributed by atoms with Crippen LogP contribution in [0.25, 0.3) is 0 Å². The van der Waals surface area contributed by atoms with Crippen LogP contribution in [0.5, 0.6) is 0 Å². The van der Waals surface area contributed by atoms with Crippen LogP contribution in [0.2, 0.25) is 0 Å². The predicted molar refractivity (Wildman–Crippen MR) is 118 cm³/mol. The van der Waals surface area contributed by atoms with E-state index in [2.05, 4.69) is 26.8 Å². The van der Waals surface area contributed by atoms with E-state index >= 15 is 0 Å². The molecule has 3 aromatic rings. The molecule has 1 atom stereocenters. The summed E-state index contributed by atoms with van der Waals surface area (Å²) in [4.78, 5) is 15.4. The minimum absolute atomic E-state index is 0.0382. The first-order valence-electron chi connectivity index (χ1n) is 9.24. The Labute approximate surface area is 175 Å². The molecule has 3 aromatic carbocycles. The third kappa shape index (κ3) is 3.25. The van der Waals surface area contributed by atoms with Crippen LogP contribution in [0.3, 0.4) is 0 Å². The van der Waals surface area contributed by atoms with Gasteiger partial charge in [0, 0.05) is 17.7 Å². The number of nitro groups is 1. The summed E-state index contributed by atoms with van der Waals surface area (Å²) >= 11 is 0. The molecule has 0 aromatic heterocycles. The van der Waals surface area contributed by atoms with E-state index in [1.165, 1.54) is 12.1 Å². The first-order chi connectivity index (χ1) is 14.7. The zero-order valence-electron chi connectivity index (χ0n) is 15.7. The first kappa shape index (κ1) is 18.2. The van der Waals surface area contributed by atoms with Gasteiger partial charge in [-0.25, -0.2) is 0 Å². The van der Waals surface area contributed by atoms with Crippen LogP contribution >= 0.6 is 10.9 Å². The van der Waals surface area contributed by atoms with Crippen LogP contribution in [0.4, 0.5) is 11.4 Å². The van der Waals surface area contributed by atoms with Crippen molar-refractivity contribution in [3.63, 3.8) is 0 Å². The fourth-order valence-corrected chi connectivity index (χ4v) is 5.07. The van der Waals surface area contributed by atoms with Gasteiger partial charge in [0.15, 0.2) is 0 Å². The maximum atomic E-state index is 11.0. The zero-order valence-corrected chi connectivity index (χ0v) is 16.5. The molecule has 9 heteroatoms. The molecule has 30 heavy (non-hydrogen) atoms. The van der Waals surface area contributed by atoms with E-state index in [0.717, 1.165) is 22.6 Å². The Morgan fingerprint density at radius 3 is 2.23 bits per heavy atom. The Kier molecular flexibility index (Phi) is 4.56. The van der Waals surface area contributed by atoms with Crippen molar-refractivity contribution in [3.05, 3.63) is 106 Å². The summed E-state index contributed by atoms with van der Waals surface area (Å²) in [6.07, 6.45) is 0. The van der Waals surface area contributed by atoms with Gasteiger partial charge in [0.25, 0.3) is 5.69 Å². The molecule has 2 aliphatic heterocycles. The van der Waals surface area contributed by atoms with Gasteiger partial charge in [-0.3, -0.25) is 14.4 Å². The number of hydrogen-bond donors (Lipinski definition) is 0. The second kappa shape index (κ2) is 7.53. The maximum absolute atomic E-state index is 11.0. The van der Waals surface area contributed by atoms with Crippen LogP contribution in [0.15, 0.2) is 100 Å². The van der Waals surface area contributed by atoms with Gasteiger partial charge in [0.1, 0.15) is 5.84 Å². The molecule has 0 N–H and O–H groups in total. The fourth-order valence-electron chi connectivity index (χ4n) is 3.25. The van der Waals surface area contributed by atoms with Gasteiger partial charge in [-0.2, -0.15) is 9.41 Å². The molecule has 0 fully saturated rings. The molecule has 0 saturated carbocycles. The lowest BCUT2D eigenvalue weighted by atomic mass is 10.2. The largest absolute Gasteiger partial charge is 0.280 e. The number of nitrogens with zero attached hydrogens (tertiary/aromatic N) is 6. The van der Waals surface area contributed by atoms with Gasteiger partial charge < -0.3 is 0 Å². The number of non-ortho nitro benzene ring substituents is 1. The van der Waals surface area contributed by atoms with Crippen LogP contribution in [-0.4, -0.2) is 20.2 Å². The summed E-state index contributed by atoms with van der Waals surface area (Å²) in [5, 5.41) is 20.2. The first-order valence-corrected chi connectivity index (χ1v) is 10.4. The molecule has 0 bridgehead atoms. The van der Waals surface area contributed by atoms with E-state index in [-0.39, 0.29) is 5.69 Å². The number of rotatable bonds is 5. The van der Waals surface area contributed by atoms with Gasteiger partial charge >= 0.3 is 0 Å². The van der Waals surface area contributed by atoms with Crippen molar-refractivity contribution in [2.75, 3.05) is 4.41 Å². The minimum atomic E-state index is -0.666. The molecule has 0 spiro atoms. The molecular formula is C21H16N6O2S. The van der Waals surface area contributed by atoms with E-state index in [1.807, 2.05) is 48.5 Å². The van der Waals surface area contributed by atoms with Crippen LogP contribution < -0.4 is 4.41 Å². The lowest BCUT2D eigenvalue weighted by Crippen LogP contribution is -2.28. The summed E-state index contributed by atoms with van der Waals surface area (Å²) < 4.78 is 3.96. The highest BCUT2D eigenvalue weighted by Crippen LogP contribution is 2.43. The average molecular weight is 416 g/mol. The van der Waals surface area contributed by atoms with Crippen molar-refractivity contribution in [2.24, 2.45) is 15.3 Å². The van der Waals surface area contributed by atoms with Crippen molar-refractivity contribution in [1.29, 1.82) is 0 Å². The molecule has 148 valence electrons. The fraction of sp³-hybridized carbons (Fsp3) is 0.0476. The van der Waals surface area contributed by atoms with E-state index in [4.69, 9.17) is 4.99 Å². The smallest absolute Gasteiger partial charge is 0.269 e. The number of amidine groups is 1. The number of hydrogen-bond acceptors (Lipinski definition) is 7. The van der Waals surface area contributed by atoms with Crippen molar-refractivity contribution in [1.82, 2.24) is 4.31 Å². The molecule has 0 aliphatic carbocycles.